The Balaban J connectivity index is 1.53. The quantitative estimate of drug-likeness (QED) is 0.578. The normalized spacial score (nSPS) is 18.8. The van der Waals surface area contributed by atoms with E-state index in [0.29, 0.717) is 21.9 Å². The summed E-state index contributed by atoms with van der Waals surface area (Å²) < 4.78 is 15.0. The molecule has 4 amide bonds. The Morgan fingerprint density at radius 2 is 1.91 bits per heavy atom. The van der Waals surface area contributed by atoms with Gasteiger partial charge in [-0.3, -0.25) is 14.5 Å². The molecule has 2 aromatic carbocycles. The summed E-state index contributed by atoms with van der Waals surface area (Å²) in [5.74, 6) is -1.71. The van der Waals surface area contributed by atoms with Crippen molar-refractivity contribution < 1.29 is 18.8 Å². The van der Waals surface area contributed by atoms with E-state index in [1.165, 1.54) is 42.5 Å². The van der Waals surface area contributed by atoms with Gasteiger partial charge in [0.15, 0.2) is 4.80 Å². The largest absolute Gasteiger partial charge is 0.325 e. The number of hydrogen-bond acceptors (Lipinski definition) is 4. The lowest BCUT2D eigenvalue weighted by molar-refractivity contribution is -0.134. The molecular formula is C22H18ClFN4O3S. The summed E-state index contributed by atoms with van der Waals surface area (Å²) in [5.41, 5.74) is -0.108. The van der Waals surface area contributed by atoms with Crippen LogP contribution in [0.5, 0.6) is 0 Å². The molecule has 1 unspecified atom stereocenters. The predicted molar refractivity (Wildman–Crippen MR) is 117 cm³/mol. The van der Waals surface area contributed by atoms with E-state index in [9.17, 15) is 18.8 Å². The monoisotopic (exact) mass is 472 g/mol. The standard InChI is InChI=1S/C22H18ClFN4O3S/c1-22(15-6-8-16(24)9-7-15)19(30)28(20(31)26-22)13-18(29)25-21-27(10-11-32-21)12-14-4-2-3-5-17(14)23/h2-11H,12-13H2,1H3,(H,26,31). The number of carbonyl (C=O) groups is 3. The van der Waals surface area contributed by atoms with Crippen molar-refractivity contribution in [3.8, 4) is 0 Å². The van der Waals surface area contributed by atoms with Gasteiger partial charge in [0, 0.05) is 16.6 Å². The van der Waals surface area contributed by atoms with Crippen LogP contribution in [0.1, 0.15) is 18.1 Å². The van der Waals surface area contributed by atoms with Crippen LogP contribution in [-0.4, -0.2) is 33.9 Å². The second kappa shape index (κ2) is 8.68. The van der Waals surface area contributed by atoms with Gasteiger partial charge >= 0.3 is 6.03 Å². The Hall–Kier alpha value is -3.30. The number of benzene rings is 2. The van der Waals surface area contributed by atoms with Gasteiger partial charge in [0.05, 0.1) is 6.54 Å². The first-order valence-corrected chi connectivity index (χ1v) is 10.9. The lowest BCUT2D eigenvalue weighted by Gasteiger charge is -2.21. The van der Waals surface area contributed by atoms with Gasteiger partial charge < -0.3 is 9.88 Å². The third-order valence-corrected chi connectivity index (χ3v) is 6.33. The van der Waals surface area contributed by atoms with Crippen molar-refractivity contribution in [2.45, 2.75) is 19.0 Å². The topological polar surface area (TPSA) is 83.8 Å². The number of aromatic nitrogens is 1. The average Bonchev–Trinajstić information content (AvgIpc) is 3.27. The molecule has 7 nitrogen and oxygen atoms in total. The molecule has 1 aromatic heterocycles. The second-order valence-electron chi connectivity index (χ2n) is 7.36. The Labute approximate surface area is 191 Å². The number of halogens is 2. The number of thiazole rings is 1. The number of carbonyl (C=O) groups excluding carboxylic acids is 3. The highest BCUT2D eigenvalue weighted by Crippen LogP contribution is 2.28. The van der Waals surface area contributed by atoms with Gasteiger partial charge in [-0.15, -0.1) is 11.3 Å². The number of amides is 4. The molecule has 4 rings (SSSR count). The highest BCUT2D eigenvalue weighted by Gasteiger charge is 2.49. The molecule has 0 aliphatic carbocycles. The van der Waals surface area contributed by atoms with Crippen LogP contribution in [0, 0.1) is 5.82 Å². The van der Waals surface area contributed by atoms with Gasteiger partial charge in [-0.25, -0.2) is 9.18 Å². The van der Waals surface area contributed by atoms with Crippen molar-refractivity contribution in [3.05, 3.63) is 86.9 Å². The van der Waals surface area contributed by atoms with Crippen molar-refractivity contribution in [3.63, 3.8) is 0 Å². The summed E-state index contributed by atoms with van der Waals surface area (Å²) in [4.78, 5) is 43.3. The number of rotatable bonds is 5. The number of imide groups is 1. The zero-order valence-electron chi connectivity index (χ0n) is 16.9. The highest BCUT2D eigenvalue weighted by molar-refractivity contribution is 7.07. The molecule has 1 fully saturated rings. The molecule has 1 saturated heterocycles. The molecule has 1 aliphatic heterocycles. The maximum Gasteiger partial charge on any atom is 0.325 e. The number of hydrogen-bond donors (Lipinski definition) is 1. The van der Waals surface area contributed by atoms with Gasteiger partial charge in [0.1, 0.15) is 17.9 Å². The number of nitrogens with zero attached hydrogens (tertiary/aromatic N) is 3. The van der Waals surface area contributed by atoms with Gasteiger partial charge in [-0.1, -0.05) is 41.9 Å². The number of nitrogens with one attached hydrogen (secondary N) is 1. The molecule has 32 heavy (non-hydrogen) atoms. The number of urea groups is 1. The van der Waals surface area contributed by atoms with Crippen molar-refractivity contribution in [2.75, 3.05) is 6.54 Å². The maximum absolute atomic E-state index is 13.2. The molecule has 0 spiro atoms. The van der Waals surface area contributed by atoms with E-state index in [1.54, 1.807) is 22.2 Å². The minimum atomic E-state index is -1.39. The molecular weight excluding hydrogens is 455 g/mol. The van der Waals surface area contributed by atoms with Crippen LogP contribution >= 0.6 is 22.9 Å². The first-order valence-electron chi connectivity index (χ1n) is 9.63. The molecule has 164 valence electrons. The first kappa shape index (κ1) is 21.9. The van der Waals surface area contributed by atoms with E-state index in [1.807, 2.05) is 18.2 Å². The zero-order valence-corrected chi connectivity index (χ0v) is 18.5. The molecule has 2 heterocycles. The second-order valence-corrected chi connectivity index (χ2v) is 8.64. The summed E-state index contributed by atoms with van der Waals surface area (Å²) in [6.45, 7) is 1.42. The molecule has 1 atom stereocenters. The fraction of sp³-hybridized carbons (Fsp3) is 0.182. The van der Waals surface area contributed by atoms with E-state index in [0.717, 1.165) is 10.5 Å². The van der Waals surface area contributed by atoms with Crippen molar-refractivity contribution in [1.82, 2.24) is 14.8 Å². The van der Waals surface area contributed by atoms with Crippen molar-refractivity contribution >= 4 is 40.8 Å². The summed E-state index contributed by atoms with van der Waals surface area (Å²) in [6, 6.07) is 11.9. The summed E-state index contributed by atoms with van der Waals surface area (Å²) in [6.07, 6.45) is 1.78. The first-order chi connectivity index (χ1) is 15.3. The lowest BCUT2D eigenvalue weighted by Crippen LogP contribution is -2.41. The van der Waals surface area contributed by atoms with Crippen LogP contribution in [0.4, 0.5) is 9.18 Å². The molecule has 10 heteroatoms. The van der Waals surface area contributed by atoms with Crippen LogP contribution in [0.15, 0.2) is 65.1 Å². The zero-order chi connectivity index (χ0) is 22.9. The fourth-order valence-electron chi connectivity index (χ4n) is 3.41. The third kappa shape index (κ3) is 4.21. The van der Waals surface area contributed by atoms with Gasteiger partial charge in [0.2, 0.25) is 0 Å². The molecule has 0 bridgehead atoms. The average molecular weight is 473 g/mol. The highest BCUT2D eigenvalue weighted by atomic mass is 35.5. The van der Waals surface area contributed by atoms with Gasteiger partial charge in [-0.2, -0.15) is 4.99 Å². The SMILES string of the molecule is CC1(c2ccc(F)cc2)NC(=O)N(CC(=O)N=c2sccn2Cc2ccccc2Cl)C1=O. The third-order valence-electron chi connectivity index (χ3n) is 5.17. The maximum atomic E-state index is 13.2. The van der Waals surface area contributed by atoms with Gasteiger partial charge in [-0.05, 0) is 36.2 Å². The van der Waals surface area contributed by atoms with E-state index >= 15 is 0 Å². The van der Waals surface area contributed by atoms with Crippen LogP contribution in [0.25, 0.3) is 0 Å². The molecule has 3 aromatic rings. The van der Waals surface area contributed by atoms with Crippen LogP contribution in [0.3, 0.4) is 0 Å². The van der Waals surface area contributed by atoms with E-state index in [-0.39, 0.29) is 0 Å². The summed E-state index contributed by atoms with van der Waals surface area (Å²) >= 11 is 7.47. The minimum absolute atomic E-state index is 0.417. The smallest absolute Gasteiger partial charge is 0.319 e. The summed E-state index contributed by atoms with van der Waals surface area (Å²) in [5, 5.41) is 4.96. The van der Waals surface area contributed by atoms with E-state index < -0.39 is 35.7 Å². The fourth-order valence-corrected chi connectivity index (χ4v) is 4.35. The van der Waals surface area contributed by atoms with Crippen LogP contribution < -0.4 is 10.1 Å². The molecule has 1 aliphatic rings. The van der Waals surface area contributed by atoms with Crippen LogP contribution in [-0.2, 0) is 21.7 Å². The molecule has 0 radical (unpaired) electrons. The van der Waals surface area contributed by atoms with E-state index in [2.05, 4.69) is 10.3 Å². The van der Waals surface area contributed by atoms with Gasteiger partial charge in [0.25, 0.3) is 11.8 Å². The predicted octanol–water partition coefficient (Wildman–Crippen LogP) is 3.28. The minimum Gasteiger partial charge on any atom is -0.319 e. The van der Waals surface area contributed by atoms with Crippen LogP contribution in [0.2, 0.25) is 5.02 Å². The van der Waals surface area contributed by atoms with Crippen molar-refractivity contribution in [2.24, 2.45) is 4.99 Å². The molecule has 0 saturated carbocycles. The Kier molecular flexibility index (Phi) is 5.94. The lowest BCUT2D eigenvalue weighted by atomic mass is 9.92. The Morgan fingerprint density at radius 1 is 1.19 bits per heavy atom. The van der Waals surface area contributed by atoms with Crippen molar-refractivity contribution in [1.29, 1.82) is 0 Å². The van der Waals surface area contributed by atoms with E-state index in [4.69, 9.17) is 11.6 Å². The summed E-state index contributed by atoms with van der Waals surface area (Å²) in [7, 11) is 0. The Morgan fingerprint density at radius 3 is 2.62 bits per heavy atom. The Bertz CT molecular complexity index is 1270. The molecule has 1 N–H and O–H groups in total.